The number of hydrogen-bond acceptors (Lipinski definition) is 5. The first kappa shape index (κ1) is 21.0. The third-order valence-corrected chi connectivity index (χ3v) is 3.99. The van der Waals surface area contributed by atoms with Gasteiger partial charge in [0.1, 0.15) is 12.6 Å². The van der Waals surface area contributed by atoms with Crippen LogP contribution in [0.5, 0.6) is 0 Å². The van der Waals surface area contributed by atoms with E-state index in [1.54, 1.807) is 18.2 Å². The molecule has 2 aromatic rings. The van der Waals surface area contributed by atoms with Crippen molar-refractivity contribution in [3.63, 3.8) is 0 Å². The molecule has 2 rings (SSSR count). The molecule has 0 fully saturated rings. The first-order chi connectivity index (χ1) is 13.4. The Morgan fingerprint density at radius 3 is 2.36 bits per heavy atom. The highest BCUT2D eigenvalue weighted by Gasteiger charge is 2.25. The fourth-order valence-electron chi connectivity index (χ4n) is 2.49. The van der Waals surface area contributed by atoms with E-state index in [1.807, 2.05) is 44.2 Å². The van der Waals surface area contributed by atoms with E-state index in [4.69, 9.17) is 4.74 Å². The van der Waals surface area contributed by atoms with Crippen LogP contribution in [0.25, 0.3) is 0 Å². The minimum atomic E-state index is -0.801. The minimum absolute atomic E-state index is 0.111. The van der Waals surface area contributed by atoms with Gasteiger partial charge < -0.3 is 20.1 Å². The number of anilines is 1. The maximum absolute atomic E-state index is 12.6. The van der Waals surface area contributed by atoms with Gasteiger partial charge in [0, 0.05) is 5.69 Å². The fraction of sp³-hybridized carbons (Fsp3) is 0.286. The minimum Gasteiger partial charge on any atom is -0.465 e. The molecule has 7 heteroatoms. The number of carbonyl (C=O) groups excluding carboxylic acids is 3. The van der Waals surface area contributed by atoms with Crippen LogP contribution >= 0.6 is 0 Å². The van der Waals surface area contributed by atoms with E-state index in [9.17, 15) is 14.4 Å². The van der Waals surface area contributed by atoms with Crippen LogP contribution in [0.15, 0.2) is 54.6 Å². The van der Waals surface area contributed by atoms with Crippen LogP contribution < -0.4 is 10.6 Å². The zero-order valence-electron chi connectivity index (χ0n) is 16.1. The lowest BCUT2D eigenvalue weighted by molar-refractivity contribution is -0.119. The second-order valence-electron chi connectivity index (χ2n) is 6.49. The average Bonchev–Trinajstić information content (AvgIpc) is 2.70. The van der Waals surface area contributed by atoms with Crippen molar-refractivity contribution in [3.05, 3.63) is 65.7 Å². The Hall–Kier alpha value is -3.35. The lowest BCUT2D eigenvalue weighted by atomic mass is 10.0. The molecule has 0 radical (unpaired) electrons. The number of hydrogen-bond donors (Lipinski definition) is 2. The Bertz CT molecular complexity index is 821. The molecule has 2 N–H and O–H groups in total. The average molecular weight is 384 g/mol. The Morgan fingerprint density at radius 1 is 1.00 bits per heavy atom. The summed E-state index contributed by atoms with van der Waals surface area (Å²) < 4.78 is 9.86. The topological polar surface area (TPSA) is 93.7 Å². The van der Waals surface area contributed by atoms with E-state index in [0.29, 0.717) is 11.3 Å². The SMILES string of the molecule is COC(=O)c1cccc(NC(=O)[C@@H](NC(=O)OCc2ccccc2)C(C)C)c1. The first-order valence-electron chi connectivity index (χ1n) is 8.87. The molecule has 0 aliphatic rings. The van der Waals surface area contributed by atoms with Crippen molar-refractivity contribution in [3.8, 4) is 0 Å². The first-order valence-corrected chi connectivity index (χ1v) is 8.87. The lowest BCUT2D eigenvalue weighted by Crippen LogP contribution is -2.47. The maximum atomic E-state index is 12.6. The number of nitrogens with one attached hydrogen (secondary N) is 2. The number of rotatable bonds is 7. The molecule has 0 unspecified atom stereocenters. The molecule has 28 heavy (non-hydrogen) atoms. The van der Waals surface area contributed by atoms with Crippen molar-refractivity contribution in [1.82, 2.24) is 5.32 Å². The van der Waals surface area contributed by atoms with Gasteiger partial charge in [-0.15, -0.1) is 0 Å². The second kappa shape index (κ2) is 10.1. The number of esters is 1. The Balaban J connectivity index is 1.98. The van der Waals surface area contributed by atoms with Crippen LogP contribution in [0.2, 0.25) is 0 Å². The highest BCUT2D eigenvalue weighted by Crippen LogP contribution is 2.14. The molecule has 0 heterocycles. The van der Waals surface area contributed by atoms with Crippen molar-refractivity contribution in [2.75, 3.05) is 12.4 Å². The summed E-state index contributed by atoms with van der Waals surface area (Å²) in [6, 6.07) is 14.8. The Morgan fingerprint density at radius 2 is 1.71 bits per heavy atom. The zero-order valence-corrected chi connectivity index (χ0v) is 16.1. The highest BCUT2D eigenvalue weighted by atomic mass is 16.5. The molecule has 7 nitrogen and oxygen atoms in total. The summed E-state index contributed by atoms with van der Waals surface area (Å²) in [6.07, 6.45) is -0.680. The number of alkyl carbamates (subject to hydrolysis) is 1. The van der Waals surface area contributed by atoms with Gasteiger partial charge in [-0.3, -0.25) is 4.79 Å². The van der Waals surface area contributed by atoms with Crippen LogP contribution in [0, 0.1) is 5.92 Å². The maximum Gasteiger partial charge on any atom is 0.408 e. The molecule has 0 spiro atoms. The molecule has 2 aromatic carbocycles. The van der Waals surface area contributed by atoms with Crippen molar-refractivity contribution >= 4 is 23.7 Å². The number of amides is 2. The van der Waals surface area contributed by atoms with Crippen molar-refractivity contribution in [1.29, 1.82) is 0 Å². The van der Waals surface area contributed by atoms with Crippen LogP contribution in [-0.4, -0.2) is 31.1 Å². The summed E-state index contributed by atoms with van der Waals surface area (Å²) >= 11 is 0. The standard InChI is InChI=1S/C21H24N2O5/c1-14(2)18(23-21(26)28-13-15-8-5-4-6-9-15)19(24)22-17-11-7-10-16(12-17)20(25)27-3/h4-12,14,18H,13H2,1-3H3,(H,22,24)(H,23,26)/t18-/m0/s1. The third kappa shape index (κ3) is 6.12. The molecular weight excluding hydrogens is 360 g/mol. The van der Waals surface area contributed by atoms with Gasteiger partial charge in [-0.05, 0) is 29.7 Å². The van der Waals surface area contributed by atoms with Gasteiger partial charge in [-0.25, -0.2) is 9.59 Å². The Kier molecular flexibility index (Phi) is 7.56. The Labute approximate surface area is 164 Å². The van der Waals surface area contributed by atoms with E-state index < -0.39 is 24.0 Å². The molecule has 2 amide bonds. The number of methoxy groups -OCH3 is 1. The summed E-state index contributed by atoms with van der Waals surface area (Å²) in [7, 11) is 1.29. The van der Waals surface area contributed by atoms with E-state index in [2.05, 4.69) is 15.4 Å². The molecule has 0 aromatic heterocycles. The molecule has 148 valence electrons. The van der Waals surface area contributed by atoms with Crippen molar-refractivity contribution in [2.24, 2.45) is 5.92 Å². The fourth-order valence-corrected chi connectivity index (χ4v) is 2.49. The quantitative estimate of drug-likeness (QED) is 0.714. The van der Waals surface area contributed by atoms with Gasteiger partial charge in [-0.2, -0.15) is 0 Å². The molecular formula is C21H24N2O5. The number of carbonyl (C=O) groups is 3. The van der Waals surface area contributed by atoms with Gasteiger partial charge in [0.25, 0.3) is 0 Å². The van der Waals surface area contributed by atoms with Crippen LogP contribution in [0.3, 0.4) is 0 Å². The zero-order chi connectivity index (χ0) is 20.5. The predicted molar refractivity (Wildman–Crippen MR) is 105 cm³/mol. The van der Waals surface area contributed by atoms with Crippen LogP contribution in [0.1, 0.15) is 29.8 Å². The summed E-state index contributed by atoms with van der Waals surface area (Å²) in [5, 5.41) is 5.30. The van der Waals surface area contributed by atoms with Gasteiger partial charge in [0.2, 0.25) is 5.91 Å². The summed E-state index contributed by atoms with van der Waals surface area (Å²) in [5.41, 5.74) is 1.59. The molecule has 0 saturated heterocycles. The van der Waals surface area contributed by atoms with E-state index >= 15 is 0 Å². The van der Waals surface area contributed by atoms with Gasteiger partial charge in [-0.1, -0.05) is 50.2 Å². The van der Waals surface area contributed by atoms with Gasteiger partial charge in [0.05, 0.1) is 12.7 Å². The summed E-state index contributed by atoms with van der Waals surface area (Å²) in [6.45, 7) is 3.74. The smallest absolute Gasteiger partial charge is 0.408 e. The number of ether oxygens (including phenoxy) is 2. The predicted octanol–water partition coefficient (Wildman–Crippen LogP) is 3.36. The largest absolute Gasteiger partial charge is 0.465 e. The van der Waals surface area contributed by atoms with Crippen molar-refractivity contribution in [2.45, 2.75) is 26.5 Å². The van der Waals surface area contributed by atoms with Crippen LogP contribution in [0.4, 0.5) is 10.5 Å². The molecule has 1 atom stereocenters. The molecule has 0 saturated carbocycles. The summed E-state index contributed by atoms with van der Waals surface area (Å²) in [4.78, 5) is 36.3. The second-order valence-corrected chi connectivity index (χ2v) is 6.49. The van der Waals surface area contributed by atoms with E-state index in [1.165, 1.54) is 13.2 Å². The van der Waals surface area contributed by atoms with Gasteiger partial charge in [0.15, 0.2) is 0 Å². The highest BCUT2D eigenvalue weighted by molar-refractivity contribution is 5.98. The molecule has 0 aliphatic carbocycles. The van der Waals surface area contributed by atoms with E-state index in [-0.39, 0.29) is 12.5 Å². The normalized spacial score (nSPS) is 11.4. The monoisotopic (exact) mass is 384 g/mol. The van der Waals surface area contributed by atoms with Gasteiger partial charge >= 0.3 is 12.1 Å². The summed E-state index contributed by atoms with van der Waals surface area (Å²) in [5.74, 6) is -1.08. The third-order valence-electron chi connectivity index (χ3n) is 3.99. The molecule has 0 aliphatic heterocycles. The number of benzene rings is 2. The van der Waals surface area contributed by atoms with Crippen molar-refractivity contribution < 1.29 is 23.9 Å². The van der Waals surface area contributed by atoms with E-state index in [0.717, 1.165) is 5.56 Å². The van der Waals surface area contributed by atoms with Crippen LogP contribution in [-0.2, 0) is 20.9 Å². The lowest BCUT2D eigenvalue weighted by Gasteiger charge is -2.21. The molecule has 0 bridgehead atoms.